The number of aryl methyl sites for hydroxylation is 1. The summed E-state index contributed by atoms with van der Waals surface area (Å²) in [6, 6.07) is 7.39. The molecule has 0 saturated carbocycles. The Bertz CT molecular complexity index is 656. The number of benzene rings is 1. The molecule has 0 fully saturated rings. The second kappa shape index (κ2) is 7.73. The summed E-state index contributed by atoms with van der Waals surface area (Å²) >= 11 is 0. The molecule has 1 atom stereocenters. The van der Waals surface area contributed by atoms with Gasteiger partial charge in [0.2, 0.25) is 11.8 Å². The van der Waals surface area contributed by atoms with E-state index in [9.17, 15) is 4.79 Å². The van der Waals surface area contributed by atoms with E-state index >= 15 is 0 Å². The van der Waals surface area contributed by atoms with Crippen molar-refractivity contribution in [3.63, 3.8) is 0 Å². The number of hydrogen-bond donors (Lipinski definition) is 1. The van der Waals surface area contributed by atoms with Gasteiger partial charge < -0.3 is 14.3 Å². The lowest BCUT2D eigenvalue weighted by Gasteiger charge is -2.18. The van der Waals surface area contributed by atoms with Crippen molar-refractivity contribution in [2.45, 2.75) is 39.5 Å². The van der Waals surface area contributed by atoms with Crippen LogP contribution < -0.4 is 4.74 Å². The number of aromatic nitrogens is 2. The Morgan fingerprint density at radius 3 is 2.65 bits per heavy atom. The Balaban J connectivity index is 2.02. The highest BCUT2D eigenvalue weighted by Gasteiger charge is 2.16. The second-order valence-electron chi connectivity index (χ2n) is 5.32. The van der Waals surface area contributed by atoms with Crippen LogP contribution in [0.1, 0.15) is 31.2 Å². The first-order chi connectivity index (χ1) is 11.0. The highest BCUT2D eigenvalue weighted by atomic mass is 16.5. The minimum Gasteiger partial charge on any atom is -0.479 e. The molecule has 0 aliphatic rings. The molecule has 7 heteroatoms. The Kier molecular flexibility index (Phi) is 5.70. The molecule has 2 aromatic rings. The third kappa shape index (κ3) is 4.79. The number of para-hydroxylation sites is 1. The molecule has 1 unspecified atom stereocenters. The molecule has 1 N–H and O–H groups in total. The van der Waals surface area contributed by atoms with Crippen molar-refractivity contribution in [1.29, 1.82) is 0 Å². The van der Waals surface area contributed by atoms with E-state index in [-0.39, 0.29) is 0 Å². The SMILES string of the molecule is CCc1nnc(CN(C)Cc2ccccc2OC(C)C(=O)O)o1. The Morgan fingerprint density at radius 2 is 2.00 bits per heavy atom. The van der Waals surface area contributed by atoms with E-state index in [4.69, 9.17) is 14.3 Å². The molecule has 124 valence electrons. The fourth-order valence-electron chi connectivity index (χ4n) is 2.06. The molecule has 23 heavy (non-hydrogen) atoms. The lowest BCUT2D eigenvalue weighted by atomic mass is 10.2. The van der Waals surface area contributed by atoms with Crippen LogP contribution in [0, 0.1) is 0 Å². The predicted molar refractivity (Wildman–Crippen MR) is 83.0 cm³/mol. The Morgan fingerprint density at radius 1 is 1.30 bits per heavy atom. The molecule has 0 saturated heterocycles. The van der Waals surface area contributed by atoms with Crippen molar-refractivity contribution < 1.29 is 19.1 Å². The molecule has 2 rings (SSSR count). The van der Waals surface area contributed by atoms with Crippen LogP contribution in [0.25, 0.3) is 0 Å². The first-order valence-electron chi connectivity index (χ1n) is 7.46. The number of carboxylic acids is 1. The summed E-state index contributed by atoms with van der Waals surface area (Å²) in [5, 5.41) is 16.9. The molecule has 0 spiro atoms. The minimum absolute atomic E-state index is 0.510. The van der Waals surface area contributed by atoms with Gasteiger partial charge in [0, 0.05) is 18.5 Å². The van der Waals surface area contributed by atoms with Gasteiger partial charge in [-0.25, -0.2) is 4.79 Å². The molecule has 0 aliphatic carbocycles. The summed E-state index contributed by atoms with van der Waals surface area (Å²) in [6.45, 7) is 4.55. The maximum absolute atomic E-state index is 10.9. The zero-order valence-corrected chi connectivity index (χ0v) is 13.5. The predicted octanol–water partition coefficient (Wildman–Crippen LogP) is 2.12. The smallest absolute Gasteiger partial charge is 0.344 e. The van der Waals surface area contributed by atoms with E-state index in [0.29, 0.717) is 37.0 Å². The van der Waals surface area contributed by atoms with Crippen LogP contribution >= 0.6 is 0 Å². The van der Waals surface area contributed by atoms with Crippen LogP contribution in [0.3, 0.4) is 0 Å². The summed E-state index contributed by atoms with van der Waals surface area (Å²) < 4.78 is 11.0. The van der Waals surface area contributed by atoms with Crippen LogP contribution in [-0.4, -0.2) is 39.3 Å². The van der Waals surface area contributed by atoms with Gasteiger partial charge >= 0.3 is 5.97 Å². The van der Waals surface area contributed by atoms with Crippen molar-refractivity contribution in [2.24, 2.45) is 0 Å². The maximum Gasteiger partial charge on any atom is 0.344 e. The van der Waals surface area contributed by atoms with Crippen LogP contribution in [0.5, 0.6) is 5.75 Å². The van der Waals surface area contributed by atoms with E-state index in [0.717, 1.165) is 5.56 Å². The van der Waals surface area contributed by atoms with E-state index in [1.807, 2.05) is 37.1 Å². The van der Waals surface area contributed by atoms with Gasteiger partial charge in [0.25, 0.3) is 0 Å². The molecular weight excluding hydrogens is 298 g/mol. The lowest BCUT2D eigenvalue weighted by molar-refractivity contribution is -0.144. The van der Waals surface area contributed by atoms with E-state index in [2.05, 4.69) is 10.2 Å². The van der Waals surface area contributed by atoms with Gasteiger partial charge in [0.15, 0.2) is 6.10 Å². The minimum atomic E-state index is -0.994. The fourth-order valence-corrected chi connectivity index (χ4v) is 2.06. The Labute approximate surface area is 134 Å². The Hall–Kier alpha value is -2.41. The van der Waals surface area contributed by atoms with E-state index in [1.54, 1.807) is 6.07 Å². The zero-order chi connectivity index (χ0) is 16.8. The largest absolute Gasteiger partial charge is 0.479 e. The summed E-state index contributed by atoms with van der Waals surface area (Å²) in [5.74, 6) is 0.745. The second-order valence-corrected chi connectivity index (χ2v) is 5.32. The quantitative estimate of drug-likeness (QED) is 0.797. The van der Waals surface area contributed by atoms with Crippen LogP contribution in [0.2, 0.25) is 0 Å². The third-order valence-electron chi connectivity index (χ3n) is 3.28. The average Bonchev–Trinajstić information content (AvgIpc) is 2.96. The summed E-state index contributed by atoms with van der Waals surface area (Å²) in [6.07, 6.45) is -0.190. The first kappa shape index (κ1) is 17.0. The van der Waals surface area contributed by atoms with E-state index < -0.39 is 12.1 Å². The molecular formula is C16H21N3O4. The molecule has 0 bridgehead atoms. The van der Waals surface area contributed by atoms with Crippen molar-refractivity contribution in [3.05, 3.63) is 41.6 Å². The third-order valence-corrected chi connectivity index (χ3v) is 3.28. The molecule has 0 aliphatic heterocycles. The number of carbonyl (C=O) groups is 1. The van der Waals surface area contributed by atoms with Gasteiger partial charge in [-0.15, -0.1) is 10.2 Å². The summed E-state index contributed by atoms with van der Waals surface area (Å²) in [7, 11) is 1.92. The van der Waals surface area contributed by atoms with Gasteiger partial charge in [-0.05, 0) is 20.0 Å². The summed E-state index contributed by atoms with van der Waals surface area (Å²) in [4.78, 5) is 12.9. The van der Waals surface area contributed by atoms with Crippen LogP contribution in [0.4, 0.5) is 0 Å². The number of rotatable bonds is 8. The van der Waals surface area contributed by atoms with Crippen molar-refractivity contribution in [3.8, 4) is 5.75 Å². The highest BCUT2D eigenvalue weighted by molar-refractivity contribution is 5.72. The van der Waals surface area contributed by atoms with Gasteiger partial charge in [-0.3, -0.25) is 4.90 Å². The van der Waals surface area contributed by atoms with Gasteiger partial charge in [0.05, 0.1) is 6.54 Å². The topological polar surface area (TPSA) is 88.7 Å². The first-order valence-corrected chi connectivity index (χ1v) is 7.46. The van der Waals surface area contributed by atoms with Crippen molar-refractivity contribution in [2.75, 3.05) is 7.05 Å². The highest BCUT2D eigenvalue weighted by Crippen LogP contribution is 2.21. The van der Waals surface area contributed by atoms with Crippen molar-refractivity contribution >= 4 is 5.97 Å². The molecule has 0 amide bonds. The molecule has 1 aromatic carbocycles. The molecule has 7 nitrogen and oxygen atoms in total. The van der Waals surface area contributed by atoms with Gasteiger partial charge in [-0.2, -0.15) is 0 Å². The van der Waals surface area contributed by atoms with Crippen molar-refractivity contribution in [1.82, 2.24) is 15.1 Å². The number of nitrogens with zero attached hydrogens (tertiary/aromatic N) is 3. The normalized spacial score (nSPS) is 12.3. The number of carboxylic acid groups (broad SMARTS) is 1. The van der Waals surface area contributed by atoms with E-state index in [1.165, 1.54) is 6.92 Å². The zero-order valence-electron chi connectivity index (χ0n) is 13.5. The van der Waals surface area contributed by atoms with Crippen LogP contribution in [0.15, 0.2) is 28.7 Å². The number of hydrogen-bond acceptors (Lipinski definition) is 6. The van der Waals surface area contributed by atoms with Crippen LogP contribution in [-0.2, 0) is 24.3 Å². The van der Waals surface area contributed by atoms with Gasteiger partial charge in [-0.1, -0.05) is 25.1 Å². The lowest BCUT2D eigenvalue weighted by Crippen LogP contribution is -2.24. The number of ether oxygens (including phenoxy) is 1. The molecule has 1 aromatic heterocycles. The number of aliphatic carboxylic acids is 1. The summed E-state index contributed by atoms with van der Waals surface area (Å²) in [5.41, 5.74) is 0.901. The maximum atomic E-state index is 10.9. The fraction of sp³-hybridized carbons (Fsp3) is 0.438. The van der Waals surface area contributed by atoms with Gasteiger partial charge in [0.1, 0.15) is 5.75 Å². The monoisotopic (exact) mass is 319 g/mol. The molecule has 1 heterocycles. The molecule has 0 radical (unpaired) electrons. The standard InChI is InChI=1S/C16H21N3O4/c1-4-14-17-18-15(23-14)10-19(3)9-12-7-5-6-8-13(12)22-11(2)16(20)21/h5-8,11H,4,9-10H2,1-3H3,(H,20,21). The average molecular weight is 319 g/mol.